The van der Waals surface area contributed by atoms with Crippen LogP contribution in [0.2, 0.25) is 0 Å². The summed E-state index contributed by atoms with van der Waals surface area (Å²) in [5, 5.41) is 8.16. The number of para-hydroxylation sites is 4. The summed E-state index contributed by atoms with van der Waals surface area (Å²) >= 11 is 0. The van der Waals surface area contributed by atoms with E-state index in [1.165, 1.54) is 43.9 Å². The molecule has 0 aliphatic heterocycles. The average molecular weight is 739 g/mol. The minimum Gasteiger partial charge on any atom is -0.309 e. The zero-order valence-electron chi connectivity index (χ0n) is 31.4. The number of benzene rings is 9. The molecule has 0 N–H and O–H groups in total. The van der Waals surface area contributed by atoms with E-state index >= 15 is 0 Å². The van der Waals surface area contributed by atoms with Crippen molar-refractivity contribution in [3.63, 3.8) is 0 Å². The third-order valence-corrected chi connectivity index (χ3v) is 11.7. The van der Waals surface area contributed by atoms with Gasteiger partial charge in [0.25, 0.3) is 0 Å². The zero-order valence-corrected chi connectivity index (χ0v) is 31.4. The van der Waals surface area contributed by atoms with Crippen molar-refractivity contribution in [3.8, 4) is 45.1 Å². The van der Waals surface area contributed by atoms with Crippen LogP contribution in [0.5, 0.6) is 0 Å². The summed E-state index contributed by atoms with van der Waals surface area (Å²) in [6, 6.07) is 73.8. The summed E-state index contributed by atoms with van der Waals surface area (Å²) in [5.74, 6) is 0.650. The molecule has 0 saturated carbocycles. The van der Waals surface area contributed by atoms with Crippen molar-refractivity contribution in [1.29, 1.82) is 0 Å². The molecule has 4 nitrogen and oxygen atoms in total. The first kappa shape index (κ1) is 32.4. The van der Waals surface area contributed by atoms with Crippen molar-refractivity contribution in [2.75, 3.05) is 0 Å². The van der Waals surface area contributed by atoms with Crippen LogP contribution in [-0.2, 0) is 0 Å². The Labute approximate surface area is 334 Å². The van der Waals surface area contributed by atoms with E-state index in [4.69, 9.17) is 9.97 Å². The number of fused-ring (bicyclic) bond motifs is 9. The zero-order chi connectivity index (χ0) is 38.2. The van der Waals surface area contributed by atoms with Gasteiger partial charge in [0, 0.05) is 43.6 Å². The van der Waals surface area contributed by atoms with E-state index in [0.29, 0.717) is 5.95 Å². The van der Waals surface area contributed by atoms with Gasteiger partial charge in [0.1, 0.15) is 0 Å². The highest BCUT2D eigenvalue weighted by molar-refractivity contribution is 6.22. The number of nitrogens with zero attached hydrogens (tertiary/aromatic N) is 4. The van der Waals surface area contributed by atoms with Gasteiger partial charge in [0.15, 0.2) is 0 Å². The maximum atomic E-state index is 5.48. The molecule has 0 atom stereocenters. The molecule has 12 aromatic rings. The average Bonchev–Trinajstić information content (AvgIpc) is 3.82. The van der Waals surface area contributed by atoms with Gasteiger partial charge < -0.3 is 4.57 Å². The summed E-state index contributed by atoms with van der Waals surface area (Å²) in [7, 11) is 0. The van der Waals surface area contributed by atoms with Crippen molar-refractivity contribution in [1.82, 2.24) is 19.1 Å². The first-order chi connectivity index (χ1) is 28.8. The number of hydrogen-bond acceptors (Lipinski definition) is 2. The Morgan fingerprint density at radius 1 is 0.310 bits per heavy atom. The fourth-order valence-corrected chi connectivity index (χ4v) is 9.12. The van der Waals surface area contributed by atoms with Gasteiger partial charge >= 0.3 is 0 Å². The number of hydrogen-bond donors (Lipinski definition) is 0. The topological polar surface area (TPSA) is 35.6 Å². The molecule has 58 heavy (non-hydrogen) atoms. The Hall–Kier alpha value is -7.82. The first-order valence-corrected chi connectivity index (χ1v) is 19.8. The minimum absolute atomic E-state index is 0.650. The van der Waals surface area contributed by atoms with Crippen LogP contribution in [0.1, 0.15) is 0 Å². The highest BCUT2D eigenvalue weighted by atomic mass is 15.2. The van der Waals surface area contributed by atoms with Crippen molar-refractivity contribution in [2.24, 2.45) is 0 Å². The van der Waals surface area contributed by atoms with Crippen LogP contribution in [0.3, 0.4) is 0 Å². The van der Waals surface area contributed by atoms with Crippen molar-refractivity contribution in [3.05, 3.63) is 206 Å². The molecule has 0 aliphatic carbocycles. The molecule has 0 saturated heterocycles. The fourth-order valence-electron chi connectivity index (χ4n) is 9.12. The van der Waals surface area contributed by atoms with E-state index in [2.05, 4.69) is 215 Å². The van der Waals surface area contributed by atoms with Gasteiger partial charge in [-0.25, -0.2) is 9.97 Å². The van der Waals surface area contributed by atoms with Gasteiger partial charge in [-0.2, -0.15) is 0 Å². The predicted molar refractivity (Wildman–Crippen MR) is 242 cm³/mol. The van der Waals surface area contributed by atoms with Crippen LogP contribution < -0.4 is 0 Å². The molecule has 0 unspecified atom stereocenters. The third-order valence-electron chi connectivity index (χ3n) is 11.7. The summed E-state index contributed by atoms with van der Waals surface area (Å²) in [6.45, 7) is 0. The van der Waals surface area contributed by atoms with Gasteiger partial charge in [-0.05, 0) is 76.2 Å². The van der Waals surface area contributed by atoms with E-state index in [0.717, 1.165) is 60.6 Å². The number of rotatable bonds is 5. The lowest BCUT2D eigenvalue weighted by Crippen LogP contribution is -2.04. The van der Waals surface area contributed by atoms with Crippen LogP contribution in [0.15, 0.2) is 206 Å². The van der Waals surface area contributed by atoms with Gasteiger partial charge in [-0.3, -0.25) is 4.57 Å². The Balaban J connectivity index is 1.12. The lowest BCUT2D eigenvalue weighted by Gasteiger charge is -2.15. The SMILES string of the molecule is c1ccc(-c2cccc(-c3nc(-n4c5ccccc5c5cc(-c6ccc7c8ccccc8n(-c8ccccc8)c7c6)c6ccccc6c54)nc4ccccc34)c2)cc1. The normalized spacial score (nSPS) is 11.8. The van der Waals surface area contributed by atoms with E-state index in [9.17, 15) is 0 Å². The molecule has 3 aromatic heterocycles. The first-order valence-electron chi connectivity index (χ1n) is 19.8. The second kappa shape index (κ2) is 12.9. The third kappa shape index (κ3) is 4.95. The standard InChI is InChI=1S/C54H34N4/c1-3-16-35(17-4-1)36-18-15-19-38(32-36)52-45-26-9-12-27-48(45)55-54(56-52)58-50-29-14-11-24-42(50)47-34-46(40-22-7-8-25-44(40)53(47)58)37-30-31-43-41-23-10-13-28-49(41)57(51(43)33-37)39-20-5-2-6-21-39/h1-34H. The summed E-state index contributed by atoms with van der Waals surface area (Å²) in [4.78, 5) is 10.8. The maximum Gasteiger partial charge on any atom is 0.235 e. The largest absolute Gasteiger partial charge is 0.309 e. The second-order valence-corrected chi connectivity index (χ2v) is 15.0. The molecule has 0 spiro atoms. The molecule has 0 radical (unpaired) electrons. The van der Waals surface area contributed by atoms with E-state index in [-0.39, 0.29) is 0 Å². The quantitative estimate of drug-likeness (QED) is 0.176. The summed E-state index contributed by atoms with van der Waals surface area (Å²) in [5.41, 5.74) is 13.3. The second-order valence-electron chi connectivity index (χ2n) is 15.0. The van der Waals surface area contributed by atoms with Crippen LogP contribution in [0.25, 0.3) is 110 Å². The molecule has 0 aliphatic rings. The van der Waals surface area contributed by atoms with Crippen molar-refractivity contribution >= 4 is 65.3 Å². The van der Waals surface area contributed by atoms with E-state index in [1.807, 2.05) is 0 Å². The Kier molecular flexibility index (Phi) is 7.20. The van der Waals surface area contributed by atoms with Crippen molar-refractivity contribution < 1.29 is 0 Å². The van der Waals surface area contributed by atoms with Crippen LogP contribution in [0, 0.1) is 0 Å². The summed E-state index contributed by atoms with van der Waals surface area (Å²) < 4.78 is 4.68. The van der Waals surface area contributed by atoms with Crippen molar-refractivity contribution in [2.45, 2.75) is 0 Å². The highest BCUT2D eigenvalue weighted by Gasteiger charge is 2.22. The molecule has 270 valence electrons. The van der Waals surface area contributed by atoms with Crippen LogP contribution >= 0.6 is 0 Å². The van der Waals surface area contributed by atoms with E-state index < -0.39 is 0 Å². The van der Waals surface area contributed by atoms with Gasteiger partial charge in [-0.1, -0.05) is 158 Å². The Bertz CT molecular complexity index is 3560. The van der Waals surface area contributed by atoms with Gasteiger partial charge in [0.05, 0.1) is 33.3 Å². The molecular weight excluding hydrogens is 705 g/mol. The minimum atomic E-state index is 0.650. The molecule has 9 aromatic carbocycles. The summed E-state index contributed by atoms with van der Waals surface area (Å²) in [6.07, 6.45) is 0. The van der Waals surface area contributed by atoms with E-state index in [1.54, 1.807) is 0 Å². The lowest BCUT2D eigenvalue weighted by molar-refractivity contribution is 1.02. The molecule has 12 rings (SSSR count). The molecule has 3 heterocycles. The predicted octanol–water partition coefficient (Wildman–Crippen LogP) is 14.0. The van der Waals surface area contributed by atoms with Gasteiger partial charge in [0.2, 0.25) is 5.95 Å². The molecule has 4 heteroatoms. The molecule has 0 bridgehead atoms. The highest BCUT2D eigenvalue weighted by Crippen LogP contribution is 2.43. The Morgan fingerprint density at radius 2 is 0.897 bits per heavy atom. The fraction of sp³-hybridized carbons (Fsp3) is 0. The maximum absolute atomic E-state index is 5.48. The lowest BCUT2D eigenvalue weighted by atomic mass is 9.94. The van der Waals surface area contributed by atoms with Crippen LogP contribution in [-0.4, -0.2) is 19.1 Å². The monoisotopic (exact) mass is 738 g/mol. The number of aromatic nitrogens is 4. The van der Waals surface area contributed by atoms with Gasteiger partial charge in [-0.15, -0.1) is 0 Å². The molecule has 0 amide bonds. The Morgan fingerprint density at radius 3 is 1.69 bits per heavy atom. The smallest absolute Gasteiger partial charge is 0.235 e. The van der Waals surface area contributed by atoms with Crippen LogP contribution in [0.4, 0.5) is 0 Å². The molecular formula is C54H34N4. The molecule has 0 fully saturated rings.